The van der Waals surface area contributed by atoms with E-state index in [1.807, 2.05) is 11.4 Å². The lowest BCUT2D eigenvalue weighted by Crippen LogP contribution is -2.32. The predicted molar refractivity (Wildman–Crippen MR) is 113 cm³/mol. The number of rotatable bonds is 7. The fourth-order valence-corrected chi connectivity index (χ4v) is 4.25. The topological polar surface area (TPSA) is 96.2 Å². The second-order valence-electron chi connectivity index (χ2n) is 7.62. The highest BCUT2D eigenvalue weighted by atomic mass is 32.1. The zero-order valence-corrected chi connectivity index (χ0v) is 16.8. The zero-order valence-electron chi connectivity index (χ0n) is 16.0. The average Bonchev–Trinajstić information content (AvgIpc) is 3.35. The Hall–Kier alpha value is -2.74. The molecule has 4 rings (SSSR count). The molecule has 0 radical (unpaired) electrons. The molecule has 146 valence electrons. The van der Waals surface area contributed by atoms with Gasteiger partial charge in [-0.25, -0.2) is 4.98 Å². The Labute approximate surface area is 168 Å². The lowest BCUT2D eigenvalue weighted by molar-refractivity contribution is 0.0999. The van der Waals surface area contributed by atoms with Gasteiger partial charge in [-0.2, -0.15) is 0 Å². The Bertz CT molecular complexity index is 933. The highest BCUT2D eigenvalue weighted by Gasteiger charge is 2.34. The molecule has 0 saturated heterocycles. The number of carbonyl (C=O) groups excluding carboxylic acids is 1. The van der Waals surface area contributed by atoms with Crippen LogP contribution in [0.25, 0.3) is 0 Å². The minimum Gasteiger partial charge on any atom is -0.384 e. The number of fused-ring (bicyclic) bond motifs is 1. The van der Waals surface area contributed by atoms with Crippen molar-refractivity contribution in [2.45, 2.75) is 39.3 Å². The number of amidine groups is 1. The molecule has 7 nitrogen and oxygen atoms in total. The number of amides is 1. The van der Waals surface area contributed by atoms with Crippen LogP contribution in [0.5, 0.6) is 0 Å². The molecule has 3 heterocycles. The summed E-state index contributed by atoms with van der Waals surface area (Å²) in [4.78, 5) is 21.5. The van der Waals surface area contributed by atoms with E-state index < -0.39 is 0 Å². The van der Waals surface area contributed by atoms with Crippen LogP contribution in [-0.4, -0.2) is 40.6 Å². The van der Waals surface area contributed by atoms with Gasteiger partial charge in [0.15, 0.2) is 5.84 Å². The van der Waals surface area contributed by atoms with Crippen molar-refractivity contribution in [1.29, 1.82) is 10.8 Å². The molecular weight excluding hydrogens is 372 g/mol. The summed E-state index contributed by atoms with van der Waals surface area (Å²) in [5.74, 6) is 1.24. The number of aromatic nitrogens is 1. The Morgan fingerprint density at radius 2 is 2.25 bits per heavy atom. The summed E-state index contributed by atoms with van der Waals surface area (Å²) in [6.07, 6.45) is 3.18. The van der Waals surface area contributed by atoms with Gasteiger partial charge in [-0.3, -0.25) is 20.5 Å². The van der Waals surface area contributed by atoms with Gasteiger partial charge in [0, 0.05) is 23.5 Å². The molecule has 0 spiro atoms. The number of nitrogens with one attached hydrogen (secondary N) is 3. The first-order valence-electron chi connectivity index (χ1n) is 9.50. The molecule has 1 saturated carbocycles. The fourth-order valence-electron chi connectivity index (χ4n) is 3.26. The van der Waals surface area contributed by atoms with Crippen LogP contribution < -0.4 is 10.2 Å². The predicted octanol–water partition coefficient (Wildman–Crippen LogP) is 3.77. The van der Waals surface area contributed by atoms with Crippen LogP contribution in [-0.2, 0) is 6.54 Å². The second kappa shape index (κ2) is 7.35. The second-order valence-corrected chi connectivity index (χ2v) is 8.50. The molecule has 0 atom stereocenters. The summed E-state index contributed by atoms with van der Waals surface area (Å²) in [5, 5.41) is 21.4. The van der Waals surface area contributed by atoms with E-state index in [1.54, 1.807) is 21.9 Å². The fraction of sp³-hybridized carbons (Fsp3) is 0.400. The van der Waals surface area contributed by atoms with Crippen molar-refractivity contribution in [3.05, 3.63) is 39.7 Å². The highest BCUT2D eigenvalue weighted by molar-refractivity contribution is 7.13. The molecule has 8 heteroatoms. The van der Waals surface area contributed by atoms with Gasteiger partial charge in [0.25, 0.3) is 5.91 Å². The quantitative estimate of drug-likeness (QED) is 0.490. The normalized spacial score (nSPS) is 15.7. The third-order valence-corrected chi connectivity index (χ3v) is 5.95. The Morgan fingerprint density at radius 3 is 2.93 bits per heavy atom. The van der Waals surface area contributed by atoms with Crippen molar-refractivity contribution in [2.24, 2.45) is 5.92 Å². The van der Waals surface area contributed by atoms with Crippen molar-refractivity contribution in [3.8, 4) is 0 Å². The van der Waals surface area contributed by atoms with Crippen LogP contribution in [0.4, 0.5) is 11.5 Å². The van der Waals surface area contributed by atoms with E-state index in [1.165, 1.54) is 17.7 Å². The summed E-state index contributed by atoms with van der Waals surface area (Å²) < 4.78 is 0. The molecule has 28 heavy (non-hydrogen) atoms. The van der Waals surface area contributed by atoms with E-state index in [0.29, 0.717) is 24.0 Å². The van der Waals surface area contributed by atoms with Crippen molar-refractivity contribution < 1.29 is 4.79 Å². The summed E-state index contributed by atoms with van der Waals surface area (Å²) in [6.45, 7) is 5.66. The monoisotopic (exact) mass is 396 g/mol. The first-order valence-corrected chi connectivity index (χ1v) is 10.4. The molecule has 3 N–H and O–H groups in total. The van der Waals surface area contributed by atoms with E-state index in [0.717, 1.165) is 35.5 Å². The molecule has 2 aromatic heterocycles. The maximum atomic E-state index is 12.9. The molecule has 0 bridgehead atoms. The minimum absolute atomic E-state index is 0.0418. The maximum Gasteiger partial charge on any atom is 0.270 e. The molecule has 0 unspecified atom stereocenters. The first kappa shape index (κ1) is 18.6. The molecule has 1 aliphatic carbocycles. The number of anilines is 2. The van der Waals surface area contributed by atoms with Crippen molar-refractivity contribution in [1.82, 2.24) is 9.88 Å². The molecule has 1 amide bonds. The molecule has 2 aromatic rings. The Kier molecular flexibility index (Phi) is 4.89. The Morgan fingerprint density at radius 1 is 1.46 bits per heavy atom. The van der Waals surface area contributed by atoms with Crippen LogP contribution in [0.15, 0.2) is 23.6 Å². The highest BCUT2D eigenvalue weighted by Crippen LogP contribution is 2.37. The first-order chi connectivity index (χ1) is 13.5. The third-order valence-electron chi connectivity index (χ3n) is 4.94. The van der Waals surface area contributed by atoms with E-state index in [2.05, 4.69) is 24.1 Å². The molecule has 1 aliphatic heterocycles. The van der Waals surface area contributed by atoms with E-state index >= 15 is 0 Å². The van der Waals surface area contributed by atoms with Gasteiger partial charge in [0.2, 0.25) is 0 Å². The molecular formula is C20H24N6OS. The van der Waals surface area contributed by atoms with E-state index in [4.69, 9.17) is 10.8 Å². The van der Waals surface area contributed by atoms with Gasteiger partial charge in [-0.15, -0.1) is 11.3 Å². The van der Waals surface area contributed by atoms with Crippen LogP contribution >= 0.6 is 11.3 Å². The summed E-state index contributed by atoms with van der Waals surface area (Å²) in [5.41, 5.74) is 2.53. The van der Waals surface area contributed by atoms with Crippen LogP contribution in [0.1, 0.15) is 47.6 Å². The molecule has 0 aromatic carbocycles. The number of nitrogens with zero attached hydrogens (tertiary/aromatic N) is 3. The van der Waals surface area contributed by atoms with Crippen LogP contribution in [0.3, 0.4) is 0 Å². The number of pyridine rings is 1. The largest absolute Gasteiger partial charge is 0.384 e. The summed E-state index contributed by atoms with van der Waals surface area (Å²) >= 11 is 1.47. The molecule has 2 aliphatic rings. The number of carbonyl (C=O) groups is 1. The molecule has 1 fully saturated rings. The average molecular weight is 397 g/mol. The smallest absolute Gasteiger partial charge is 0.270 e. The lowest BCUT2D eigenvalue weighted by atomic mass is 10.2. The van der Waals surface area contributed by atoms with Gasteiger partial charge in [-0.05, 0) is 30.9 Å². The van der Waals surface area contributed by atoms with Crippen molar-refractivity contribution in [2.75, 3.05) is 16.8 Å². The van der Waals surface area contributed by atoms with Gasteiger partial charge in [0.05, 0.1) is 23.4 Å². The zero-order chi connectivity index (χ0) is 19.8. The van der Waals surface area contributed by atoms with Crippen molar-refractivity contribution >= 4 is 40.9 Å². The van der Waals surface area contributed by atoms with Gasteiger partial charge in [-0.1, -0.05) is 19.9 Å². The van der Waals surface area contributed by atoms with E-state index in [9.17, 15) is 4.79 Å². The van der Waals surface area contributed by atoms with Crippen molar-refractivity contribution in [3.63, 3.8) is 0 Å². The van der Waals surface area contributed by atoms with Gasteiger partial charge >= 0.3 is 0 Å². The lowest BCUT2D eigenvalue weighted by Gasteiger charge is -2.20. The maximum absolute atomic E-state index is 12.9. The number of thiophene rings is 1. The van der Waals surface area contributed by atoms with Gasteiger partial charge in [0.1, 0.15) is 11.5 Å². The van der Waals surface area contributed by atoms with Crippen LogP contribution in [0.2, 0.25) is 0 Å². The minimum atomic E-state index is -0.0418. The Balaban J connectivity index is 1.56. The standard InChI is InChI=1S/C20H24N6OS/c1-12(2)8-23-16-10-28-18-14(16)9-25(20(18)27)17-5-3-4-15(24-17)19(22)26(11-21)13-6-7-13/h3-5,10-13,21-23H,6-9H2,1-2H3. The summed E-state index contributed by atoms with van der Waals surface area (Å²) in [7, 11) is 0. The summed E-state index contributed by atoms with van der Waals surface area (Å²) in [6, 6.07) is 5.61. The third kappa shape index (κ3) is 3.40. The van der Waals surface area contributed by atoms with Crippen LogP contribution in [0, 0.1) is 16.7 Å². The number of hydrogen-bond donors (Lipinski definition) is 3. The number of hydrogen-bond acceptors (Lipinski definition) is 6. The van der Waals surface area contributed by atoms with Gasteiger partial charge < -0.3 is 10.2 Å². The van der Waals surface area contributed by atoms with E-state index in [-0.39, 0.29) is 17.8 Å². The SMILES string of the molecule is CC(C)CNc1csc2c1CN(c1cccc(C(=N)N(C=N)C3CC3)n1)C2=O.